The fourth-order valence-corrected chi connectivity index (χ4v) is 7.66. The van der Waals surface area contributed by atoms with Crippen LogP contribution in [0.15, 0.2) is 230 Å². The van der Waals surface area contributed by atoms with Gasteiger partial charge in [0, 0.05) is 29.7 Å². The summed E-state index contributed by atoms with van der Waals surface area (Å²) >= 11 is 0. The van der Waals surface area contributed by atoms with Crippen LogP contribution in [-0.4, -0.2) is 18.2 Å². The van der Waals surface area contributed by atoms with Gasteiger partial charge >= 0.3 is 0 Å². The zero-order chi connectivity index (χ0) is 40.2. The summed E-state index contributed by atoms with van der Waals surface area (Å²) < 4.78 is 0. The summed E-state index contributed by atoms with van der Waals surface area (Å²) in [6.07, 6.45) is 26.9. The van der Waals surface area contributed by atoms with Crippen molar-refractivity contribution in [3.63, 3.8) is 0 Å². The van der Waals surface area contributed by atoms with Gasteiger partial charge in [0.05, 0.1) is 17.2 Å². The maximum Gasteiger partial charge on any atom is 0.0681 e. The van der Waals surface area contributed by atoms with Crippen molar-refractivity contribution >= 4 is 17.5 Å². The van der Waals surface area contributed by atoms with Crippen LogP contribution in [0.4, 0.5) is 0 Å². The Morgan fingerprint density at radius 1 is 0.707 bits per heavy atom. The van der Waals surface area contributed by atoms with E-state index in [9.17, 15) is 0 Å². The van der Waals surface area contributed by atoms with Gasteiger partial charge in [0.2, 0.25) is 0 Å². The quantitative estimate of drug-likeness (QED) is 0.0889. The Morgan fingerprint density at radius 3 is 2.17 bits per heavy atom. The van der Waals surface area contributed by atoms with Gasteiger partial charge in [-0.05, 0) is 101 Å². The largest absolute Gasteiger partial charge is 0.310 e. The van der Waals surface area contributed by atoms with Crippen LogP contribution in [0.1, 0.15) is 53.3 Å². The molecule has 3 heteroatoms. The van der Waals surface area contributed by atoms with E-state index in [1.165, 1.54) is 33.4 Å². The van der Waals surface area contributed by atoms with E-state index >= 15 is 0 Å². The van der Waals surface area contributed by atoms with E-state index in [1.807, 2.05) is 62.9 Å². The highest BCUT2D eigenvalue weighted by atomic mass is 14.9. The molecule has 0 bridgehead atoms. The summed E-state index contributed by atoms with van der Waals surface area (Å²) in [5, 5.41) is 3.49. The molecule has 284 valence electrons. The van der Waals surface area contributed by atoms with Crippen molar-refractivity contribution in [2.75, 3.05) is 7.05 Å². The molecule has 7 rings (SSSR count). The van der Waals surface area contributed by atoms with Gasteiger partial charge in [-0.15, -0.1) is 0 Å². The second-order valence-electron chi connectivity index (χ2n) is 14.3. The third kappa shape index (κ3) is 8.71. The molecule has 1 aliphatic carbocycles. The number of fused-ring (bicyclic) bond motifs is 3. The molecule has 0 fully saturated rings. The molecule has 0 radical (unpaired) electrons. The SMILES string of the molecule is C=C(C=N/C(=C\C(NC)c1ccccc1)c1cccc(-c2ccc3c(c2)C(/C=C/C=C\C=C/C)(c2ccccc2)c2ccncc2-3)c1)/C=C\C=C(/C)c1ccccc1. The average Bonchev–Trinajstić information content (AvgIpc) is 3.57. The van der Waals surface area contributed by atoms with Crippen LogP contribution in [0.3, 0.4) is 0 Å². The lowest BCUT2D eigenvalue weighted by atomic mass is 9.72. The highest BCUT2D eigenvalue weighted by molar-refractivity contribution is 5.89. The van der Waals surface area contributed by atoms with Crippen molar-refractivity contribution in [3.05, 3.63) is 258 Å². The molecule has 1 aliphatic rings. The van der Waals surface area contributed by atoms with Gasteiger partial charge in [0.15, 0.2) is 0 Å². The predicted molar refractivity (Wildman–Crippen MR) is 248 cm³/mol. The van der Waals surface area contributed by atoms with Gasteiger partial charge in [-0.1, -0.05) is 183 Å². The van der Waals surface area contributed by atoms with Crippen LogP contribution < -0.4 is 5.32 Å². The molecule has 2 unspecified atom stereocenters. The smallest absolute Gasteiger partial charge is 0.0681 e. The Balaban J connectivity index is 1.29. The number of hydrogen-bond acceptors (Lipinski definition) is 3. The van der Waals surface area contributed by atoms with Crippen molar-refractivity contribution in [3.8, 4) is 22.3 Å². The highest BCUT2D eigenvalue weighted by Gasteiger charge is 2.43. The minimum absolute atomic E-state index is 0.0514. The van der Waals surface area contributed by atoms with Crippen molar-refractivity contribution < 1.29 is 0 Å². The fraction of sp³-hybridized carbons (Fsp3) is 0.0909. The first-order valence-electron chi connectivity index (χ1n) is 19.8. The van der Waals surface area contributed by atoms with Crippen LogP contribution in [0.2, 0.25) is 0 Å². The third-order valence-corrected chi connectivity index (χ3v) is 10.6. The van der Waals surface area contributed by atoms with Gasteiger partial charge in [-0.2, -0.15) is 0 Å². The zero-order valence-corrected chi connectivity index (χ0v) is 33.5. The zero-order valence-electron chi connectivity index (χ0n) is 33.5. The normalized spacial score (nSPS) is 16.2. The van der Waals surface area contributed by atoms with Crippen molar-refractivity contribution in [2.45, 2.75) is 25.3 Å². The molecule has 6 aromatic rings. The molecule has 0 saturated heterocycles. The Kier molecular flexibility index (Phi) is 12.7. The average molecular weight is 752 g/mol. The third-order valence-electron chi connectivity index (χ3n) is 10.6. The summed E-state index contributed by atoms with van der Waals surface area (Å²) in [7, 11) is 1.98. The maximum absolute atomic E-state index is 5.10. The van der Waals surface area contributed by atoms with Crippen LogP contribution >= 0.6 is 0 Å². The van der Waals surface area contributed by atoms with Gasteiger partial charge < -0.3 is 5.32 Å². The van der Waals surface area contributed by atoms with Gasteiger partial charge in [-0.3, -0.25) is 9.98 Å². The number of aliphatic imine (C=N–C) groups is 1. The molecule has 58 heavy (non-hydrogen) atoms. The van der Waals surface area contributed by atoms with Gasteiger partial charge in [0.25, 0.3) is 0 Å². The number of aromatic nitrogens is 1. The van der Waals surface area contributed by atoms with E-state index in [0.29, 0.717) is 0 Å². The Labute approximate surface area is 344 Å². The first kappa shape index (κ1) is 39.3. The Bertz CT molecular complexity index is 2570. The lowest BCUT2D eigenvalue weighted by Crippen LogP contribution is -2.24. The van der Waals surface area contributed by atoms with E-state index in [-0.39, 0.29) is 6.04 Å². The predicted octanol–water partition coefficient (Wildman–Crippen LogP) is 13.3. The van der Waals surface area contributed by atoms with Gasteiger partial charge in [0.1, 0.15) is 0 Å². The van der Waals surface area contributed by atoms with Crippen LogP contribution in [0.25, 0.3) is 33.5 Å². The summed E-state index contributed by atoms with van der Waals surface area (Å²) in [5.41, 5.74) is 14.0. The van der Waals surface area contributed by atoms with E-state index in [4.69, 9.17) is 4.99 Å². The summed E-state index contributed by atoms with van der Waals surface area (Å²) in [5.74, 6) is 0. The number of nitrogens with one attached hydrogen (secondary N) is 1. The minimum atomic E-state index is -0.503. The Hall–Kier alpha value is -6.94. The number of benzene rings is 5. The highest BCUT2D eigenvalue weighted by Crippen LogP contribution is 2.54. The number of nitrogens with zero attached hydrogens (tertiary/aromatic N) is 2. The van der Waals surface area contributed by atoms with Crippen molar-refractivity contribution in [1.29, 1.82) is 0 Å². The number of pyridine rings is 1. The second-order valence-corrected chi connectivity index (χ2v) is 14.3. The molecule has 1 N–H and O–H groups in total. The lowest BCUT2D eigenvalue weighted by Gasteiger charge is -2.30. The number of allylic oxidation sites excluding steroid dienone is 11. The molecule has 0 saturated carbocycles. The number of hydrogen-bond donors (Lipinski definition) is 1. The molecule has 0 spiro atoms. The Morgan fingerprint density at radius 2 is 1.41 bits per heavy atom. The second kappa shape index (κ2) is 18.8. The molecule has 0 amide bonds. The molecular weight excluding hydrogens is 703 g/mol. The molecule has 1 aromatic heterocycles. The molecule has 2 atom stereocenters. The maximum atomic E-state index is 5.10. The number of rotatable bonds is 14. The van der Waals surface area contributed by atoms with Crippen molar-refractivity contribution in [1.82, 2.24) is 10.3 Å². The standard InChI is InChI=1S/C55H49N3/c1-5-6-7-8-18-34-55(48-29-16-11-17-30-48)51-33-35-57-40-50(51)49-32-31-46(37-52(49)55)45-27-20-28-47(36-45)54(38-53(56-4)44-25-14-10-15-26-44)58-39-41(2)21-19-22-42(3)43-23-12-9-13-24-43/h5-40,53,56H,2H2,1,3-4H3/b6-5-,8-7-,21-19-,34-18+,42-22+,54-38-,58-39?. The van der Waals surface area contributed by atoms with Crippen LogP contribution in [-0.2, 0) is 5.41 Å². The lowest BCUT2D eigenvalue weighted by molar-refractivity contribution is 0.715. The first-order valence-corrected chi connectivity index (χ1v) is 19.8. The monoisotopic (exact) mass is 751 g/mol. The van der Waals surface area contributed by atoms with Gasteiger partial charge in [-0.25, -0.2) is 0 Å². The molecule has 1 heterocycles. The van der Waals surface area contributed by atoms with E-state index in [2.05, 4.69) is 194 Å². The van der Waals surface area contributed by atoms with E-state index in [0.717, 1.165) is 39.1 Å². The van der Waals surface area contributed by atoms with Crippen LogP contribution in [0, 0.1) is 0 Å². The molecule has 0 aliphatic heterocycles. The molecule has 5 aromatic carbocycles. The topological polar surface area (TPSA) is 37.3 Å². The molecule has 3 nitrogen and oxygen atoms in total. The number of likely N-dealkylation sites (N-methyl/N-ethyl adjacent to an activating group) is 1. The van der Waals surface area contributed by atoms with E-state index in [1.54, 1.807) is 0 Å². The molecular formula is C55H49N3. The summed E-state index contributed by atoms with van der Waals surface area (Å²) in [6.45, 7) is 8.46. The van der Waals surface area contributed by atoms with E-state index < -0.39 is 5.41 Å². The fourth-order valence-electron chi connectivity index (χ4n) is 7.66. The summed E-state index contributed by atoms with van der Waals surface area (Å²) in [6, 6.07) is 49.3. The van der Waals surface area contributed by atoms with Crippen LogP contribution in [0.5, 0.6) is 0 Å². The summed E-state index contributed by atoms with van der Waals surface area (Å²) in [4.78, 5) is 9.68. The first-order chi connectivity index (χ1) is 28.5. The van der Waals surface area contributed by atoms with Crippen molar-refractivity contribution in [2.24, 2.45) is 4.99 Å². The minimum Gasteiger partial charge on any atom is -0.310 e.